The standard InChI is InChI=1S/C17H16Cl3NO4/c1-23-13-7-9-14(10-8-13)24-16(17(18,19)20)21-25-15(22)11-12-5-3-2-4-6-12/h2-10,16,21H,11H2,1H3/t16-/m0/s1. The zero-order chi connectivity index (χ0) is 18.3. The number of hydrogen-bond acceptors (Lipinski definition) is 5. The SMILES string of the molecule is COc1ccc(O[C@H](NOC(=O)Cc2ccccc2)C(Cl)(Cl)Cl)cc1. The number of methoxy groups -OCH3 is 1. The highest BCUT2D eigenvalue weighted by molar-refractivity contribution is 6.68. The van der Waals surface area contributed by atoms with Crippen LogP contribution in [0.3, 0.4) is 0 Å². The van der Waals surface area contributed by atoms with Crippen LogP contribution in [0.4, 0.5) is 0 Å². The molecule has 1 N–H and O–H groups in total. The quantitative estimate of drug-likeness (QED) is 0.428. The minimum Gasteiger partial charge on any atom is -0.497 e. The maximum absolute atomic E-state index is 11.9. The van der Waals surface area contributed by atoms with Crippen LogP contribution in [0.2, 0.25) is 0 Å². The van der Waals surface area contributed by atoms with Crippen LogP contribution < -0.4 is 15.0 Å². The van der Waals surface area contributed by atoms with Gasteiger partial charge in [0.05, 0.1) is 13.5 Å². The van der Waals surface area contributed by atoms with E-state index >= 15 is 0 Å². The molecule has 134 valence electrons. The second-order valence-corrected chi connectivity index (χ2v) is 7.34. The van der Waals surface area contributed by atoms with Crippen molar-refractivity contribution in [2.75, 3.05) is 7.11 Å². The summed E-state index contributed by atoms with van der Waals surface area (Å²) < 4.78 is 8.73. The molecular weight excluding hydrogens is 389 g/mol. The van der Waals surface area contributed by atoms with Gasteiger partial charge < -0.3 is 14.3 Å². The number of hydroxylamine groups is 1. The third kappa shape index (κ3) is 6.63. The molecule has 0 amide bonds. The lowest BCUT2D eigenvalue weighted by Crippen LogP contribution is -2.46. The van der Waals surface area contributed by atoms with E-state index in [9.17, 15) is 4.79 Å². The second kappa shape index (κ2) is 9.15. The first-order valence-corrected chi connectivity index (χ1v) is 8.38. The Bertz CT molecular complexity index is 675. The summed E-state index contributed by atoms with van der Waals surface area (Å²) in [5.41, 5.74) is 3.16. The fraction of sp³-hybridized carbons (Fsp3) is 0.235. The van der Waals surface area contributed by atoms with Gasteiger partial charge in [0, 0.05) is 0 Å². The monoisotopic (exact) mass is 403 g/mol. The van der Waals surface area contributed by atoms with Crippen LogP contribution in [0.15, 0.2) is 54.6 Å². The molecule has 0 heterocycles. The van der Waals surface area contributed by atoms with Crippen molar-refractivity contribution in [3.8, 4) is 11.5 Å². The molecule has 0 fully saturated rings. The normalized spacial score (nSPS) is 12.3. The first-order valence-electron chi connectivity index (χ1n) is 7.25. The molecule has 2 aromatic rings. The topological polar surface area (TPSA) is 56.8 Å². The van der Waals surface area contributed by atoms with Gasteiger partial charge in [-0.3, -0.25) is 4.79 Å². The summed E-state index contributed by atoms with van der Waals surface area (Å²) in [5, 5.41) is 0. The van der Waals surface area contributed by atoms with E-state index in [2.05, 4.69) is 5.48 Å². The van der Waals surface area contributed by atoms with Crippen molar-refractivity contribution in [2.24, 2.45) is 0 Å². The van der Waals surface area contributed by atoms with E-state index in [1.165, 1.54) is 0 Å². The molecule has 0 aliphatic heterocycles. The minimum atomic E-state index is -1.87. The zero-order valence-corrected chi connectivity index (χ0v) is 15.5. The molecule has 0 aliphatic rings. The highest BCUT2D eigenvalue weighted by Crippen LogP contribution is 2.32. The first-order chi connectivity index (χ1) is 11.9. The van der Waals surface area contributed by atoms with Crippen molar-refractivity contribution in [1.29, 1.82) is 0 Å². The maximum Gasteiger partial charge on any atom is 0.329 e. The van der Waals surface area contributed by atoms with Gasteiger partial charge in [-0.1, -0.05) is 65.1 Å². The van der Waals surface area contributed by atoms with E-state index in [-0.39, 0.29) is 6.42 Å². The molecule has 2 rings (SSSR count). The molecule has 0 bridgehead atoms. The molecule has 0 spiro atoms. The highest BCUT2D eigenvalue weighted by Gasteiger charge is 2.36. The lowest BCUT2D eigenvalue weighted by molar-refractivity contribution is -0.156. The van der Waals surface area contributed by atoms with Crippen LogP contribution in [0, 0.1) is 0 Å². The van der Waals surface area contributed by atoms with Gasteiger partial charge in [0.15, 0.2) is 0 Å². The van der Waals surface area contributed by atoms with Crippen molar-refractivity contribution >= 4 is 40.8 Å². The van der Waals surface area contributed by atoms with Crippen LogP contribution in [0.5, 0.6) is 11.5 Å². The number of rotatable bonds is 7. The Labute approximate surface area is 160 Å². The van der Waals surface area contributed by atoms with E-state index < -0.39 is 16.0 Å². The summed E-state index contributed by atoms with van der Waals surface area (Å²) >= 11 is 17.6. The number of benzene rings is 2. The van der Waals surface area contributed by atoms with Gasteiger partial charge in [-0.25, -0.2) is 0 Å². The summed E-state index contributed by atoms with van der Waals surface area (Å²) in [6.45, 7) is 0. The molecule has 0 saturated heterocycles. The molecule has 0 aliphatic carbocycles. The van der Waals surface area contributed by atoms with Gasteiger partial charge in [0.2, 0.25) is 10.0 Å². The van der Waals surface area contributed by atoms with E-state index in [1.54, 1.807) is 31.4 Å². The fourth-order valence-electron chi connectivity index (χ4n) is 1.87. The lowest BCUT2D eigenvalue weighted by atomic mass is 10.2. The number of hydrogen-bond donors (Lipinski definition) is 1. The zero-order valence-electron chi connectivity index (χ0n) is 13.2. The molecule has 0 aromatic heterocycles. The van der Waals surface area contributed by atoms with Gasteiger partial charge in [-0.2, -0.15) is 0 Å². The molecule has 5 nitrogen and oxygen atoms in total. The van der Waals surface area contributed by atoms with Gasteiger partial charge in [-0.15, -0.1) is 5.48 Å². The number of ether oxygens (including phenoxy) is 2. The van der Waals surface area contributed by atoms with Crippen LogP contribution >= 0.6 is 34.8 Å². The van der Waals surface area contributed by atoms with Crippen molar-refractivity contribution in [3.05, 3.63) is 60.2 Å². The van der Waals surface area contributed by atoms with Crippen LogP contribution in [0.1, 0.15) is 5.56 Å². The second-order valence-electron chi connectivity index (χ2n) is 4.97. The number of alkyl halides is 3. The molecule has 0 radical (unpaired) electrons. The van der Waals surface area contributed by atoms with E-state index in [0.717, 1.165) is 5.56 Å². The number of carbonyl (C=O) groups excluding carboxylic acids is 1. The van der Waals surface area contributed by atoms with Crippen molar-refractivity contribution in [1.82, 2.24) is 5.48 Å². The van der Waals surface area contributed by atoms with Gasteiger partial charge in [-0.05, 0) is 29.8 Å². The highest BCUT2D eigenvalue weighted by atomic mass is 35.6. The largest absolute Gasteiger partial charge is 0.497 e. The van der Waals surface area contributed by atoms with Crippen LogP contribution in [0.25, 0.3) is 0 Å². The number of halogens is 3. The van der Waals surface area contributed by atoms with Gasteiger partial charge in [0.1, 0.15) is 11.5 Å². The Morgan fingerprint density at radius 1 is 1.04 bits per heavy atom. The summed E-state index contributed by atoms with van der Waals surface area (Å²) in [5.74, 6) is 0.521. The minimum absolute atomic E-state index is 0.0724. The van der Waals surface area contributed by atoms with Crippen molar-refractivity contribution in [3.63, 3.8) is 0 Å². The molecule has 0 unspecified atom stereocenters. The lowest BCUT2D eigenvalue weighted by Gasteiger charge is -2.25. The molecule has 1 atom stereocenters. The predicted octanol–water partition coefficient (Wildman–Crippen LogP) is 4.06. The molecule has 2 aromatic carbocycles. The molecule has 0 saturated carbocycles. The van der Waals surface area contributed by atoms with Gasteiger partial charge >= 0.3 is 5.97 Å². The predicted molar refractivity (Wildman–Crippen MR) is 97.1 cm³/mol. The summed E-state index contributed by atoms with van der Waals surface area (Å²) in [6.07, 6.45) is -1.13. The van der Waals surface area contributed by atoms with Crippen LogP contribution in [-0.4, -0.2) is 23.1 Å². The average molecular weight is 405 g/mol. The number of nitrogens with one attached hydrogen (secondary N) is 1. The Hall–Kier alpha value is -1.66. The smallest absolute Gasteiger partial charge is 0.329 e. The Balaban J connectivity index is 1.94. The summed E-state index contributed by atoms with van der Waals surface area (Å²) in [6, 6.07) is 15.8. The molecule has 8 heteroatoms. The summed E-state index contributed by atoms with van der Waals surface area (Å²) in [7, 11) is 1.55. The third-order valence-electron chi connectivity index (χ3n) is 3.08. The van der Waals surface area contributed by atoms with E-state index in [0.29, 0.717) is 11.5 Å². The summed E-state index contributed by atoms with van der Waals surface area (Å²) in [4.78, 5) is 16.9. The Morgan fingerprint density at radius 2 is 1.64 bits per heavy atom. The Kier molecular flexibility index (Phi) is 7.20. The molecular formula is C17H16Cl3NO4. The maximum atomic E-state index is 11.9. The van der Waals surface area contributed by atoms with Crippen molar-refractivity contribution < 1.29 is 19.1 Å². The average Bonchev–Trinajstić information content (AvgIpc) is 2.59. The molecule has 25 heavy (non-hydrogen) atoms. The van der Waals surface area contributed by atoms with Gasteiger partial charge in [0.25, 0.3) is 0 Å². The third-order valence-corrected chi connectivity index (χ3v) is 3.68. The van der Waals surface area contributed by atoms with E-state index in [4.69, 9.17) is 49.1 Å². The first kappa shape index (κ1) is 19.7. The van der Waals surface area contributed by atoms with E-state index in [1.807, 2.05) is 30.3 Å². The number of carbonyl (C=O) groups is 1. The fourth-order valence-corrected chi connectivity index (χ4v) is 2.13. The van der Waals surface area contributed by atoms with Crippen LogP contribution in [-0.2, 0) is 16.1 Å². The Morgan fingerprint density at radius 3 is 2.20 bits per heavy atom. The van der Waals surface area contributed by atoms with Crippen molar-refractivity contribution in [2.45, 2.75) is 16.4 Å².